The molecule has 4 nitrogen and oxygen atoms in total. The fourth-order valence-electron chi connectivity index (χ4n) is 8.56. The number of aromatic nitrogens is 2. The minimum Gasteiger partial charge on any atom is -0.438 e. The molecule has 0 radical (unpaired) electrons. The molecule has 1 aliphatic carbocycles. The fraction of sp³-hybridized carbons (Fsp3) is 0.341. The summed E-state index contributed by atoms with van der Waals surface area (Å²) in [4.78, 5) is 10.0. The van der Waals surface area contributed by atoms with Crippen LogP contribution in [0.15, 0.2) is 95.1 Å². The Kier molecular flexibility index (Phi) is 7.02. The molecule has 2 unspecified atom stereocenters. The van der Waals surface area contributed by atoms with E-state index >= 15 is 0 Å². The summed E-state index contributed by atoms with van der Waals surface area (Å²) < 4.78 is 8.89. The molecule has 0 spiro atoms. The van der Waals surface area contributed by atoms with E-state index in [0.29, 0.717) is 11.6 Å². The lowest BCUT2D eigenvalue weighted by molar-refractivity contribution is -0.708. The highest BCUT2D eigenvalue weighted by Gasteiger charge is 2.44. The first kappa shape index (κ1) is 29.3. The highest BCUT2D eigenvalue weighted by Crippen LogP contribution is 2.46. The van der Waals surface area contributed by atoms with Gasteiger partial charge in [0.15, 0.2) is 6.20 Å². The van der Waals surface area contributed by atoms with E-state index in [0.717, 1.165) is 51.9 Å². The quantitative estimate of drug-likeness (QED) is 0.149. The smallest absolute Gasteiger partial charge is 0.227 e. The van der Waals surface area contributed by atoms with Crippen molar-refractivity contribution in [3.05, 3.63) is 114 Å². The summed E-state index contributed by atoms with van der Waals surface area (Å²) in [6.07, 6.45) is 13.0. The van der Waals surface area contributed by atoms with Gasteiger partial charge in [0.2, 0.25) is 17.4 Å². The van der Waals surface area contributed by atoms with Gasteiger partial charge in [-0.3, -0.25) is 0 Å². The van der Waals surface area contributed by atoms with Crippen LogP contribution in [-0.2, 0) is 6.42 Å². The lowest BCUT2D eigenvalue weighted by atomic mass is 9.77. The first-order chi connectivity index (χ1) is 22.2. The number of allylic oxidation sites excluding steroid dienone is 2. The minimum absolute atomic E-state index is 0.0284. The molecule has 2 aliphatic heterocycles. The molecule has 0 bridgehead atoms. The average Bonchev–Trinajstić information content (AvgIpc) is 3.42. The van der Waals surface area contributed by atoms with E-state index in [4.69, 9.17) is 16.0 Å². The number of hydrogen-bond donors (Lipinski definition) is 0. The van der Waals surface area contributed by atoms with Gasteiger partial charge in [0.25, 0.3) is 0 Å². The van der Waals surface area contributed by atoms with Crippen LogP contribution < -0.4 is 9.75 Å². The maximum Gasteiger partial charge on any atom is 0.227 e. The lowest BCUT2D eigenvalue weighted by Gasteiger charge is -2.34. The van der Waals surface area contributed by atoms with Crippen LogP contribution in [0.1, 0.15) is 84.4 Å². The summed E-state index contributed by atoms with van der Waals surface area (Å²) in [5.41, 5.74) is 12.3. The SMILES string of the molecule is C=CC1=NC(=C)C2C(CCc3cc4oc5nc(C)ccc5c4cc31)c1ccccc1-c1cc(C3CCCCC3)c([Si](C)(C)C)c[n+]12. The van der Waals surface area contributed by atoms with Gasteiger partial charge in [-0.25, -0.2) is 9.98 Å². The Hall–Kier alpha value is -4.09. The zero-order valence-electron chi connectivity index (χ0n) is 27.7. The maximum atomic E-state index is 6.31. The van der Waals surface area contributed by atoms with Crippen molar-refractivity contribution in [2.75, 3.05) is 0 Å². The molecular weight excluding hydrogens is 579 g/mol. The number of hydrogen-bond acceptors (Lipinski definition) is 3. The summed E-state index contributed by atoms with van der Waals surface area (Å²) in [7, 11) is -1.66. The summed E-state index contributed by atoms with van der Waals surface area (Å²) in [5.74, 6) is 0.899. The second-order valence-corrected chi connectivity index (χ2v) is 19.8. The molecule has 3 aromatic heterocycles. The van der Waals surface area contributed by atoms with E-state index in [1.165, 1.54) is 54.5 Å². The van der Waals surface area contributed by atoms with Crippen molar-refractivity contribution in [2.45, 2.75) is 89.4 Å². The molecule has 8 rings (SSSR count). The predicted molar refractivity (Wildman–Crippen MR) is 193 cm³/mol. The molecule has 3 aliphatic rings. The summed E-state index contributed by atoms with van der Waals surface area (Å²) >= 11 is 0. The standard InChI is InChI=1S/C41H44N3OSi/c1-7-36-33-22-35-32-19-17-25(2)42-41(32)45-38(35)21-28(33)18-20-31-29-15-11-12-16-30(29)37-23-34(27-13-9-8-10-14-27)39(46(4,5)6)24-44(37)40(31)26(3)43-36/h7,11-12,15-17,19,21-24,27,31,40H,1,3,8-10,13-14,18,20H2,2,4-6H3/q+1. The van der Waals surface area contributed by atoms with Crippen molar-refractivity contribution in [1.82, 2.24) is 4.98 Å². The molecule has 0 saturated heterocycles. The highest BCUT2D eigenvalue weighted by molar-refractivity contribution is 6.89. The Balaban J connectivity index is 1.33. The summed E-state index contributed by atoms with van der Waals surface area (Å²) in [5, 5.41) is 3.70. The molecular formula is C41H44N3OSi+. The molecule has 0 amide bonds. The second-order valence-electron chi connectivity index (χ2n) is 14.8. The van der Waals surface area contributed by atoms with E-state index < -0.39 is 8.07 Å². The van der Waals surface area contributed by atoms with Crippen LogP contribution in [0.25, 0.3) is 33.3 Å². The van der Waals surface area contributed by atoms with Gasteiger partial charge < -0.3 is 4.42 Å². The van der Waals surface area contributed by atoms with Crippen molar-refractivity contribution >= 4 is 41.0 Å². The molecule has 1 saturated carbocycles. The van der Waals surface area contributed by atoms with Gasteiger partial charge in [-0.15, -0.1) is 0 Å². The number of furan rings is 1. The molecule has 5 heterocycles. The molecule has 0 N–H and O–H groups in total. The Bertz CT molecular complexity index is 2090. The van der Waals surface area contributed by atoms with E-state index in [-0.39, 0.29) is 12.0 Å². The largest absolute Gasteiger partial charge is 0.438 e. The molecule has 232 valence electrons. The van der Waals surface area contributed by atoms with Gasteiger partial charge in [0.05, 0.1) is 19.7 Å². The number of fused-ring (bicyclic) bond motifs is 10. The van der Waals surface area contributed by atoms with Gasteiger partial charge in [0.1, 0.15) is 11.3 Å². The number of nitrogens with zero attached hydrogens (tertiary/aromatic N) is 3. The normalized spacial score (nSPS) is 20.2. The average molecular weight is 623 g/mol. The van der Waals surface area contributed by atoms with Crippen molar-refractivity contribution < 1.29 is 8.98 Å². The van der Waals surface area contributed by atoms with Crippen molar-refractivity contribution in [2.24, 2.45) is 4.99 Å². The van der Waals surface area contributed by atoms with Crippen molar-refractivity contribution in [3.63, 3.8) is 0 Å². The van der Waals surface area contributed by atoms with Crippen LogP contribution in [-0.4, -0.2) is 18.8 Å². The molecule has 46 heavy (non-hydrogen) atoms. The topological polar surface area (TPSA) is 42.3 Å². The molecule has 2 atom stereocenters. The van der Waals surface area contributed by atoms with Crippen molar-refractivity contribution in [3.8, 4) is 11.3 Å². The van der Waals surface area contributed by atoms with Crippen molar-refractivity contribution in [1.29, 1.82) is 0 Å². The zero-order chi connectivity index (χ0) is 31.7. The van der Waals surface area contributed by atoms with Gasteiger partial charge in [-0.1, -0.05) is 70.3 Å². The van der Waals surface area contributed by atoms with Crippen LogP contribution >= 0.6 is 0 Å². The Morgan fingerprint density at radius 1 is 0.913 bits per heavy atom. The summed E-state index contributed by atoms with van der Waals surface area (Å²) in [6.45, 7) is 18.5. The number of pyridine rings is 2. The van der Waals surface area contributed by atoms with Crippen LogP contribution in [0.2, 0.25) is 19.6 Å². The van der Waals surface area contributed by atoms with Crippen LogP contribution in [0.5, 0.6) is 0 Å². The fourth-order valence-corrected chi connectivity index (χ4v) is 10.2. The monoisotopic (exact) mass is 622 g/mol. The lowest BCUT2D eigenvalue weighted by Crippen LogP contribution is -2.54. The van der Waals surface area contributed by atoms with Gasteiger partial charge >= 0.3 is 0 Å². The third kappa shape index (κ3) is 4.74. The van der Waals surface area contributed by atoms with E-state index in [1.54, 1.807) is 10.8 Å². The Labute approximate surface area is 273 Å². The highest BCUT2D eigenvalue weighted by atomic mass is 28.3. The number of aryl methyl sites for hydroxylation is 2. The van der Waals surface area contributed by atoms with Gasteiger partial charge in [-0.2, -0.15) is 4.57 Å². The van der Waals surface area contributed by atoms with Crippen LogP contribution in [0.4, 0.5) is 0 Å². The first-order valence-electron chi connectivity index (χ1n) is 17.1. The molecule has 5 heteroatoms. The third-order valence-corrected chi connectivity index (χ3v) is 12.9. The maximum absolute atomic E-state index is 6.31. The molecule has 5 aromatic rings. The van der Waals surface area contributed by atoms with E-state index in [9.17, 15) is 0 Å². The van der Waals surface area contributed by atoms with E-state index in [1.807, 2.05) is 13.0 Å². The minimum atomic E-state index is -1.66. The van der Waals surface area contributed by atoms with Crippen LogP contribution in [0.3, 0.4) is 0 Å². The number of rotatable bonds is 3. The number of aliphatic imine (C=N–C) groups is 1. The molecule has 2 aromatic carbocycles. The van der Waals surface area contributed by atoms with Gasteiger partial charge in [0, 0.05) is 38.8 Å². The first-order valence-corrected chi connectivity index (χ1v) is 20.6. The van der Waals surface area contributed by atoms with Gasteiger partial charge in [-0.05, 0) is 91.6 Å². The summed E-state index contributed by atoms with van der Waals surface area (Å²) in [6, 6.07) is 20.3. The zero-order valence-corrected chi connectivity index (χ0v) is 28.7. The molecule has 1 fully saturated rings. The number of benzene rings is 2. The predicted octanol–water partition coefficient (Wildman–Crippen LogP) is 9.61. The van der Waals surface area contributed by atoms with E-state index in [2.05, 4.69) is 96.6 Å². The van der Waals surface area contributed by atoms with Crippen LogP contribution in [0, 0.1) is 6.92 Å². The Morgan fingerprint density at radius 2 is 1.72 bits per heavy atom. The second kappa shape index (κ2) is 11.0. The third-order valence-electron chi connectivity index (χ3n) is 10.8. The Morgan fingerprint density at radius 3 is 2.50 bits per heavy atom.